The fraction of sp³-hybridized carbons (Fsp3) is 0.100. The number of benzene rings is 3. The molecule has 7 nitrogen and oxygen atoms in total. The van der Waals surface area contributed by atoms with Gasteiger partial charge in [0, 0.05) is 12.4 Å². The largest absolute Gasteiger partial charge is 0.457 e. The van der Waals surface area contributed by atoms with E-state index >= 15 is 0 Å². The Balaban J connectivity index is 1.83. The second kappa shape index (κ2) is 6.43. The van der Waals surface area contributed by atoms with Crippen molar-refractivity contribution in [3.8, 4) is 11.5 Å². The summed E-state index contributed by atoms with van der Waals surface area (Å²) in [6.45, 7) is 0. The minimum Gasteiger partial charge on any atom is -0.457 e. The van der Waals surface area contributed by atoms with Gasteiger partial charge in [0.05, 0.1) is 16.9 Å². The summed E-state index contributed by atoms with van der Waals surface area (Å²) in [5.41, 5.74) is 1.06. The molecule has 0 saturated heterocycles. The van der Waals surface area contributed by atoms with Crippen molar-refractivity contribution in [2.75, 3.05) is 7.05 Å². The first-order valence-corrected chi connectivity index (χ1v) is 9.80. The number of carbonyl (C=O) groups excluding carboxylic acids is 2. The molecule has 1 heterocycles. The van der Waals surface area contributed by atoms with Gasteiger partial charge in [-0.1, -0.05) is 24.3 Å². The minimum absolute atomic E-state index is 0.0838. The highest BCUT2D eigenvalue weighted by molar-refractivity contribution is 7.85. The van der Waals surface area contributed by atoms with E-state index in [1.807, 2.05) is 6.07 Å². The van der Waals surface area contributed by atoms with Crippen LogP contribution in [-0.2, 0) is 21.3 Å². The maximum atomic E-state index is 12.6. The van der Waals surface area contributed by atoms with Crippen molar-refractivity contribution >= 4 is 32.7 Å². The molecule has 1 N–H and O–H groups in total. The molecule has 0 bridgehead atoms. The first-order chi connectivity index (χ1) is 13.3. The number of nitrogens with zero attached hydrogens (tertiary/aromatic N) is 1. The smallest absolute Gasteiger partial charge is 0.294 e. The van der Waals surface area contributed by atoms with E-state index in [9.17, 15) is 18.0 Å². The molecular formula is C20H15NO6S. The lowest BCUT2D eigenvalue weighted by atomic mass is 9.92. The number of rotatable bonds is 3. The zero-order valence-corrected chi connectivity index (χ0v) is 15.6. The van der Waals surface area contributed by atoms with Crippen LogP contribution in [0.5, 0.6) is 11.5 Å². The molecule has 1 aliphatic rings. The molecule has 0 saturated carbocycles. The summed E-state index contributed by atoms with van der Waals surface area (Å²) in [5, 5.41) is 1.37. The van der Waals surface area contributed by atoms with E-state index in [0.29, 0.717) is 33.4 Å². The molecule has 0 radical (unpaired) electrons. The summed E-state index contributed by atoms with van der Waals surface area (Å²) in [5.74, 6) is 0.143. The van der Waals surface area contributed by atoms with Gasteiger partial charge in [-0.25, -0.2) is 0 Å². The highest BCUT2D eigenvalue weighted by Crippen LogP contribution is 2.37. The molecule has 2 amide bonds. The van der Waals surface area contributed by atoms with Crippen molar-refractivity contribution in [1.82, 2.24) is 4.90 Å². The molecule has 3 aromatic carbocycles. The van der Waals surface area contributed by atoms with Gasteiger partial charge in [-0.3, -0.25) is 19.0 Å². The number of imide groups is 1. The predicted molar refractivity (Wildman–Crippen MR) is 101 cm³/mol. The molecule has 0 unspecified atom stereocenters. The lowest BCUT2D eigenvalue weighted by Crippen LogP contribution is -2.39. The fourth-order valence-electron chi connectivity index (χ4n) is 3.24. The lowest BCUT2D eigenvalue weighted by Gasteiger charge is -2.25. The summed E-state index contributed by atoms with van der Waals surface area (Å²) < 4.78 is 37.3. The second-order valence-corrected chi connectivity index (χ2v) is 7.86. The Morgan fingerprint density at radius 1 is 1.00 bits per heavy atom. The number of likely N-dealkylation sites (N-methyl/N-ethyl adjacent to an activating group) is 1. The van der Waals surface area contributed by atoms with E-state index in [1.165, 1.54) is 31.3 Å². The number of hydrogen-bond donors (Lipinski definition) is 1. The van der Waals surface area contributed by atoms with Gasteiger partial charge in [0.1, 0.15) is 11.5 Å². The van der Waals surface area contributed by atoms with Gasteiger partial charge in [-0.2, -0.15) is 8.42 Å². The van der Waals surface area contributed by atoms with Gasteiger partial charge in [0.25, 0.3) is 16.0 Å². The minimum atomic E-state index is -4.29. The van der Waals surface area contributed by atoms with Crippen LogP contribution in [0.1, 0.15) is 15.9 Å². The topological polar surface area (TPSA) is 101 Å². The molecule has 8 heteroatoms. The van der Waals surface area contributed by atoms with E-state index in [1.54, 1.807) is 24.3 Å². The molecule has 0 fully saturated rings. The van der Waals surface area contributed by atoms with Gasteiger partial charge in [0.2, 0.25) is 5.91 Å². The molecular weight excluding hydrogens is 382 g/mol. The van der Waals surface area contributed by atoms with Crippen LogP contribution in [0.3, 0.4) is 0 Å². The Morgan fingerprint density at radius 2 is 1.64 bits per heavy atom. The van der Waals surface area contributed by atoms with Crippen molar-refractivity contribution in [2.45, 2.75) is 11.3 Å². The first kappa shape index (κ1) is 18.1. The summed E-state index contributed by atoms with van der Waals surface area (Å²) >= 11 is 0. The van der Waals surface area contributed by atoms with Crippen LogP contribution in [0.15, 0.2) is 59.5 Å². The monoisotopic (exact) mass is 397 g/mol. The highest BCUT2D eigenvalue weighted by atomic mass is 32.2. The van der Waals surface area contributed by atoms with Crippen molar-refractivity contribution in [3.05, 3.63) is 65.7 Å². The van der Waals surface area contributed by atoms with Crippen LogP contribution in [0.25, 0.3) is 10.8 Å². The van der Waals surface area contributed by atoms with Crippen molar-refractivity contribution in [3.63, 3.8) is 0 Å². The first-order valence-electron chi connectivity index (χ1n) is 8.36. The van der Waals surface area contributed by atoms with Crippen LogP contribution in [-0.4, -0.2) is 36.7 Å². The average Bonchev–Trinajstić information content (AvgIpc) is 2.66. The number of carbonyl (C=O) groups is 2. The van der Waals surface area contributed by atoms with E-state index in [4.69, 9.17) is 9.29 Å². The Bertz CT molecular complexity index is 1230. The third-order valence-corrected chi connectivity index (χ3v) is 5.54. The maximum Gasteiger partial charge on any atom is 0.294 e. The Labute approximate surface area is 160 Å². The van der Waals surface area contributed by atoms with E-state index in [0.717, 1.165) is 4.90 Å². The summed E-state index contributed by atoms with van der Waals surface area (Å²) in [7, 11) is -2.83. The van der Waals surface area contributed by atoms with Gasteiger partial charge in [0.15, 0.2) is 0 Å². The van der Waals surface area contributed by atoms with Crippen LogP contribution >= 0.6 is 0 Å². The van der Waals surface area contributed by atoms with Gasteiger partial charge in [-0.05, 0) is 41.3 Å². The van der Waals surface area contributed by atoms with Crippen LogP contribution in [0.2, 0.25) is 0 Å². The van der Waals surface area contributed by atoms with E-state index < -0.39 is 10.1 Å². The van der Waals surface area contributed by atoms with Crippen LogP contribution in [0, 0.1) is 0 Å². The van der Waals surface area contributed by atoms with Crippen LogP contribution in [0.4, 0.5) is 0 Å². The fourth-order valence-corrected chi connectivity index (χ4v) is 3.72. The molecule has 0 aliphatic carbocycles. The quantitative estimate of drug-likeness (QED) is 0.539. The number of amides is 2. The molecule has 142 valence electrons. The standard InChI is InChI=1S/C20H15NO6S/c1-21-18(22)11-12-10-17(15-4-2-3-5-16(15)19(12)20(21)23)27-13-6-8-14(9-7-13)28(24,25)26/h2-10H,11H2,1H3,(H,24,25,26). The molecule has 28 heavy (non-hydrogen) atoms. The van der Waals surface area contributed by atoms with E-state index in [2.05, 4.69) is 0 Å². The summed E-state index contributed by atoms with van der Waals surface area (Å²) in [6.07, 6.45) is 0.0838. The second-order valence-electron chi connectivity index (χ2n) is 6.44. The normalized spacial score (nSPS) is 14.3. The SMILES string of the molecule is CN1C(=O)Cc2cc(Oc3ccc(S(=O)(=O)O)cc3)c3ccccc3c2C1=O. The number of ether oxygens (including phenoxy) is 1. The van der Waals surface area contributed by atoms with Crippen molar-refractivity contribution in [1.29, 1.82) is 0 Å². The number of fused-ring (bicyclic) bond motifs is 3. The zero-order chi connectivity index (χ0) is 20.1. The average molecular weight is 397 g/mol. The lowest BCUT2D eigenvalue weighted by molar-refractivity contribution is -0.127. The Hall–Kier alpha value is -3.23. The maximum absolute atomic E-state index is 12.6. The van der Waals surface area contributed by atoms with Crippen molar-refractivity contribution in [2.24, 2.45) is 0 Å². The summed E-state index contributed by atoms with van der Waals surface area (Å²) in [6, 6.07) is 14.2. The predicted octanol–water partition coefficient (Wildman–Crippen LogP) is 3.03. The zero-order valence-electron chi connectivity index (χ0n) is 14.7. The molecule has 3 aromatic rings. The van der Waals surface area contributed by atoms with Gasteiger partial charge >= 0.3 is 0 Å². The van der Waals surface area contributed by atoms with Crippen LogP contribution < -0.4 is 4.74 Å². The molecule has 4 rings (SSSR count). The Morgan fingerprint density at radius 3 is 2.29 bits per heavy atom. The molecule has 0 atom stereocenters. The summed E-state index contributed by atoms with van der Waals surface area (Å²) in [4.78, 5) is 25.6. The van der Waals surface area contributed by atoms with Gasteiger partial charge in [-0.15, -0.1) is 0 Å². The third-order valence-electron chi connectivity index (χ3n) is 4.67. The van der Waals surface area contributed by atoms with Crippen molar-refractivity contribution < 1.29 is 27.3 Å². The molecule has 0 spiro atoms. The molecule has 0 aromatic heterocycles. The number of hydrogen-bond acceptors (Lipinski definition) is 5. The van der Waals surface area contributed by atoms with E-state index in [-0.39, 0.29) is 23.1 Å². The van der Waals surface area contributed by atoms with Gasteiger partial charge < -0.3 is 4.74 Å². The third kappa shape index (κ3) is 3.02. The Kier molecular flexibility index (Phi) is 4.17. The molecule has 1 aliphatic heterocycles. The highest BCUT2D eigenvalue weighted by Gasteiger charge is 2.30.